The number of benzene rings is 1. The van der Waals surface area contributed by atoms with Gasteiger partial charge in [0.05, 0.1) is 0 Å². The second kappa shape index (κ2) is 3.55. The summed E-state index contributed by atoms with van der Waals surface area (Å²) in [6.07, 6.45) is 0. The second-order valence-electron chi connectivity index (χ2n) is 2.10. The van der Waals surface area contributed by atoms with Gasteiger partial charge in [0.25, 0.3) is 0 Å². The standard InChI is InChI=1S/C8H8O2S/c9-5-7(10)6-3-1-2-4-8(6)11/h1-4,9,11H,5H2. The van der Waals surface area contributed by atoms with Crippen molar-refractivity contribution >= 4 is 18.4 Å². The first kappa shape index (κ1) is 8.30. The first-order valence-electron chi connectivity index (χ1n) is 3.17. The van der Waals surface area contributed by atoms with Crippen LogP contribution in [0.3, 0.4) is 0 Å². The molecule has 11 heavy (non-hydrogen) atoms. The molecule has 0 amide bonds. The Balaban J connectivity index is 3.03. The van der Waals surface area contributed by atoms with E-state index in [-0.39, 0.29) is 5.78 Å². The second-order valence-corrected chi connectivity index (χ2v) is 2.58. The third-order valence-electron chi connectivity index (χ3n) is 1.35. The number of hydrogen-bond donors (Lipinski definition) is 2. The molecule has 0 saturated heterocycles. The lowest BCUT2D eigenvalue weighted by molar-refractivity contribution is 0.0901. The Labute approximate surface area is 70.3 Å². The molecule has 0 spiro atoms. The van der Waals surface area contributed by atoms with Gasteiger partial charge in [-0.1, -0.05) is 18.2 Å². The molecule has 1 aromatic carbocycles. The third kappa shape index (κ3) is 1.82. The van der Waals surface area contributed by atoms with Gasteiger partial charge in [0.2, 0.25) is 0 Å². The lowest BCUT2D eigenvalue weighted by Gasteiger charge is -1.99. The monoisotopic (exact) mass is 168 g/mol. The van der Waals surface area contributed by atoms with Crippen LogP contribution in [-0.4, -0.2) is 17.5 Å². The lowest BCUT2D eigenvalue weighted by Crippen LogP contribution is -2.04. The third-order valence-corrected chi connectivity index (χ3v) is 1.74. The van der Waals surface area contributed by atoms with Crippen molar-refractivity contribution in [1.29, 1.82) is 0 Å². The van der Waals surface area contributed by atoms with Crippen molar-refractivity contribution in [2.24, 2.45) is 0 Å². The van der Waals surface area contributed by atoms with E-state index in [2.05, 4.69) is 12.6 Å². The summed E-state index contributed by atoms with van der Waals surface area (Å²) in [6, 6.07) is 6.88. The molecule has 1 rings (SSSR count). The largest absolute Gasteiger partial charge is 0.388 e. The molecule has 0 heterocycles. The number of Topliss-reactive ketones (excluding diaryl/α,β-unsaturated/α-hetero) is 1. The fourth-order valence-electron chi connectivity index (χ4n) is 0.795. The van der Waals surface area contributed by atoms with Crippen LogP contribution in [0.15, 0.2) is 29.2 Å². The van der Waals surface area contributed by atoms with Crippen LogP contribution in [0.2, 0.25) is 0 Å². The molecule has 0 aliphatic rings. The summed E-state index contributed by atoms with van der Waals surface area (Å²) in [5, 5.41) is 8.53. The average molecular weight is 168 g/mol. The first-order chi connectivity index (χ1) is 5.25. The van der Waals surface area contributed by atoms with Crippen molar-refractivity contribution in [1.82, 2.24) is 0 Å². The Bertz CT molecular complexity index is 271. The van der Waals surface area contributed by atoms with Crippen LogP contribution >= 0.6 is 12.6 Å². The van der Waals surface area contributed by atoms with Gasteiger partial charge < -0.3 is 5.11 Å². The maximum atomic E-state index is 10.9. The van der Waals surface area contributed by atoms with Crippen LogP contribution in [0, 0.1) is 0 Å². The lowest BCUT2D eigenvalue weighted by atomic mass is 10.1. The van der Waals surface area contributed by atoms with E-state index in [0.717, 1.165) is 0 Å². The smallest absolute Gasteiger partial charge is 0.189 e. The molecular weight excluding hydrogens is 160 g/mol. The van der Waals surface area contributed by atoms with Crippen molar-refractivity contribution in [2.75, 3.05) is 6.61 Å². The van der Waals surface area contributed by atoms with Crippen LogP contribution in [0.1, 0.15) is 10.4 Å². The highest BCUT2D eigenvalue weighted by molar-refractivity contribution is 7.80. The van der Waals surface area contributed by atoms with E-state index >= 15 is 0 Å². The number of carbonyl (C=O) groups is 1. The summed E-state index contributed by atoms with van der Waals surface area (Å²) in [5.41, 5.74) is 0.471. The molecule has 0 saturated carbocycles. The molecule has 0 atom stereocenters. The fourth-order valence-corrected chi connectivity index (χ4v) is 1.08. The zero-order valence-electron chi connectivity index (χ0n) is 5.82. The summed E-state index contributed by atoms with van der Waals surface area (Å²) in [7, 11) is 0. The minimum atomic E-state index is -0.461. The van der Waals surface area contributed by atoms with Crippen molar-refractivity contribution in [3.8, 4) is 0 Å². The molecule has 58 valence electrons. The van der Waals surface area contributed by atoms with Crippen molar-refractivity contribution in [2.45, 2.75) is 4.90 Å². The minimum Gasteiger partial charge on any atom is -0.388 e. The number of hydrogen-bond acceptors (Lipinski definition) is 3. The van der Waals surface area contributed by atoms with Crippen molar-refractivity contribution in [3.05, 3.63) is 29.8 Å². The number of carbonyl (C=O) groups excluding carboxylic acids is 1. The molecular formula is C8H8O2S. The predicted molar refractivity (Wildman–Crippen MR) is 45.1 cm³/mol. The van der Waals surface area contributed by atoms with Gasteiger partial charge in [0, 0.05) is 10.5 Å². The summed E-state index contributed by atoms with van der Waals surface area (Å²) < 4.78 is 0. The van der Waals surface area contributed by atoms with Crippen molar-refractivity contribution in [3.63, 3.8) is 0 Å². The van der Waals surface area contributed by atoms with E-state index in [1.54, 1.807) is 24.3 Å². The number of thiol groups is 1. The van der Waals surface area contributed by atoms with Crippen LogP contribution in [0.5, 0.6) is 0 Å². The van der Waals surface area contributed by atoms with Crippen LogP contribution in [-0.2, 0) is 0 Å². The molecule has 0 aromatic heterocycles. The van der Waals surface area contributed by atoms with Gasteiger partial charge in [-0.25, -0.2) is 0 Å². The Hall–Kier alpha value is -0.800. The van der Waals surface area contributed by atoms with Crippen molar-refractivity contribution < 1.29 is 9.90 Å². The van der Waals surface area contributed by atoms with E-state index in [1.807, 2.05) is 0 Å². The molecule has 0 fully saturated rings. The average Bonchev–Trinajstić information content (AvgIpc) is 2.04. The van der Waals surface area contributed by atoms with E-state index in [0.29, 0.717) is 10.5 Å². The number of ketones is 1. The van der Waals surface area contributed by atoms with E-state index < -0.39 is 6.61 Å². The zero-order valence-corrected chi connectivity index (χ0v) is 6.71. The molecule has 0 unspecified atom stereocenters. The van der Waals surface area contributed by atoms with Gasteiger partial charge in [-0.2, -0.15) is 0 Å². The van der Waals surface area contributed by atoms with Gasteiger partial charge in [0.15, 0.2) is 5.78 Å². The molecule has 0 aliphatic carbocycles. The SMILES string of the molecule is O=C(CO)c1ccccc1S. The van der Waals surface area contributed by atoms with E-state index in [4.69, 9.17) is 5.11 Å². The Morgan fingerprint density at radius 2 is 2.09 bits per heavy atom. The number of aliphatic hydroxyl groups excluding tert-OH is 1. The maximum absolute atomic E-state index is 10.9. The summed E-state index contributed by atoms with van der Waals surface area (Å²) in [6.45, 7) is -0.461. The van der Waals surface area contributed by atoms with E-state index in [9.17, 15) is 4.79 Å². The van der Waals surface area contributed by atoms with Crippen LogP contribution in [0.4, 0.5) is 0 Å². The topological polar surface area (TPSA) is 37.3 Å². The normalized spacial score (nSPS) is 9.64. The highest BCUT2D eigenvalue weighted by atomic mass is 32.1. The summed E-state index contributed by atoms with van der Waals surface area (Å²) in [5.74, 6) is -0.296. The van der Waals surface area contributed by atoms with Gasteiger partial charge in [-0.15, -0.1) is 12.6 Å². The van der Waals surface area contributed by atoms with Gasteiger partial charge in [-0.3, -0.25) is 4.79 Å². The Morgan fingerprint density at radius 3 is 2.64 bits per heavy atom. The molecule has 0 radical (unpaired) electrons. The van der Waals surface area contributed by atoms with E-state index in [1.165, 1.54) is 0 Å². The summed E-state index contributed by atoms with van der Waals surface area (Å²) in [4.78, 5) is 11.5. The van der Waals surface area contributed by atoms with Crippen LogP contribution in [0.25, 0.3) is 0 Å². The molecule has 3 heteroatoms. The van der Waals surface area contributed by atoms with Crippen LogP contribution < -0.4 is 0 Å². The fraction of sp³-hybridized carbons (Fsp3) is 0.125. The molecule has 1 N–H and O–H groups in total. The first-order valence-corrected chi connectivity index (χ1v) is 3.62. The van der Waals surface area contributed by atoms with Gasteiger partial charge in [-0.05, 0) is 6.07 Å². The van der Waals surface area contributed by atoms with Gasteiger partial charge in [0.1, 0.15) is 6.61 Å². The van der Waals surface area contributed by atoms with Gasteiger partial charge >= 0.3 is 0 Å². The highest BCUT2D eigenvalue weighted by Gasteiger charge is 2.05. The maximum Gasteiger partial charge on any atom is 0.189 e. The molecule has 0 bridgehead atoms. The quantitative estimate of drug-likeness (QED) is 0.513. The Kier molecular flexibility index (Phi) is 2.68. The minimum absolute atomic E-state index is 0.296. The number of rotatable bonds is 2. The zero-order chi connectivity index (χ0) is 8.27. The molecule has 1 aromatic rings. The highest BCUT2D eigenvalue weighted by Crippen LogP contribution is 2.12. The molecule has 2 nitrogen and oxygen atoms in total. The number of aliphatic hydroxyl groups is 1. The Morgan fingerprint density at radius 1 is 1.45 bits per heavy atom. The summed E-state index contributed by atoms with van der Waals surface area (Å²) >= 11 is 4.06. The predicted octanol–water partition coefficient (Wildman–Crippen LogP) is 1.15. The molecule has 0 aliphatic heterocycles.